The molecule has 7 heteroatoms. The van der Waals surface area contributed by atoms with E-state index in [9.17, 15) is 19.5 Å². The van der Waals surface area contributed by atoms with Gasteiger partial charge in [-0.2, -0.15) is 0 Å². The van der Waals surface area contributed by atoms with Gasteiger partial charge in [0, 0.05) is 11.3 Å². The van der Waals surface area contributed by atoms with E-state index in [4.69, 9.17) is 4.74 Å². The first-order chi connectivity index (χ1) is 11.8. The lowest BCUT2D eigenvalue weighted by Crippen LogP contribution is -2.21. The summed E-state index contributed by atoms with van der Waals surface area (Å²) >= 11 is 1.26. The Morgan fingerprint density at radius 2 is 1.84 bits per heavy atom. The van der Waals surface area contributed by atoms with Gasteiger partial charge in [-0.3, -0.25) is 9.59 Å². The molecule has 2 rings (SSSR count). The van der Waals surface area contributed by atoms with Crippen LogP contribution in [0.5, 0.6) is 0 Å². The standard InChI is InChI=1S/C18H19NO5S/c1-10-11(2)25-16(15(10)18(23)24-3)19-14(20)9-13(17(21)22)12-7-5-4-6-8-12/h4-8,13H,9H2,1-3H3,(H,19,20)(H,21,22). The molecule has 1 unspecified atom stereocenters. The van der Waals surface area contributed by atoms with Gasteiger partial charge < -0.3 is 15.2 Å². The molecule has 1 aromatic carbocycles. The molecule has 0 aliphatic carbocycles. The highest BCUT2D eigenvalue weighted by Gasteiger charge is 2.26. The zero-order valence-electron chi connectivity index (χ0n) is 14.2. The molecule has 6 nitrogen and oxygen atoms in total. The molecule has 0 radical (unpaired) electrons. The topological polar surface area (TPSA) is 92.7 Å². The van der Waals surface area contributed by atoms with Gasteiger partial charge in [-0.1, -0.05) is 30.3 Å². The zero-order chi connectivity index (χ0) is 18.6. The summed E-state index contributed by atoms with van der Waals surface area (Å²) in [4.78, 5) is 36.7. The van der Waals surface area contributed by atoms with E-state index in [1.165, 1.54) is 18.4 Å². The lowest BCUT2D eigenvalue weighted by Gasteiger charge is -2.13. The van der Waals surface area contributed by atoms with E-state index in [2.05, 4.69) is 5.32 Å². The normalized spacial score (nSPS) is 11.6. The van der Waals surface area contributed by atoms with Crippen LogP contribution >= 0.6 is 11.3 Å². The number of rotatable bonds is 6. The molecular weight excluding hydrogens is 342 g/mol. The number of carboxylic acids is 1. The number of methoxy groups -OCH3 is 1. The molecule has 0 aliphatic heterocycles. The van der Waals surface area contributed by atoms with Gasteiger partial charge in [0.15, 0.2) is 0 Å². The largest absolute Gasteiger partial charge is 0.481 e. The van der Waals surface area contributed by atoms with Gasteiger partial charge in [0.05, 0.1) is 18.6 Å². The second kappa shape index (κ2) is 7.94. The van der Waals surface area contributed by atoms with Gasteiger partial charge in [0.25, 0.3) is 0 Å². The number of benzene rings is 1. The summed E-state index contributed by atoms with van der Waals surface area (Å²) in [6.07, 6.45) is -0.226. The maximum Gasteiger partial charge on any atom is 0.341 e. The minimum atomic E-state index is -1.08. The number of hydrogen-bond acceptors (Lipinski definition) is 5. The number of aryl methyl sites for hydroxylation is 1. The molecule has 0 bridgehead atoms. The molecule has 0 saturated carbocycles. The molecule has 1 heterocycles. The third-order valence-corrected chi connectivity index (χ3v) is 5.04. The molecule has 2 aromatic rings. The number of carboxylic acid groups (broad SMARTS) is 1. The van der Waals surface area contributed by atoms with Gasteiger partial charge in [-0.05, 0) is 25.0 Å². The minimum Gasteiger partial charge on any atom is -0.481 e. The van der Waals surface area contributed by atoms with E-state index < -0.39 is 23.8 Å². The van der Waals surface area contributed by atoms with Crippen molar-refractivity contribution in [2.24, 2.45) is 0 Å². The van der Waals surface area contributed by atoms with Gasteiger partial charge in [-0.25, -0.2) is 4.79 Å². The average Bonchev–Trinajstić information content (AvgIpc) is 2.86. The Balaban J connectivity index is 2.21. The molecule has 1 aromatic heterocycles. The van der Waals surface area contributed by atoms with E-state index in [0.29, 0.717) is 16.1 Å². The number of nitrogens with one attached hydrogen (secondary N) is 1. The van der Waals surface area contributed by atoms with E-state index >= 15 is 0 Å². The van der Waals surface area contributed by atoms with E-state index in [-0.39, 0.29) is 6.42 Å². The van der Waals surface area contributed by atoms with Crippen LogP contribution in [0.1, 0.15) is 38.7 Å². The summed E-state index contributed by atoms with van der Waals surface area (Å²) in [7, 11) is 1.27. The van der Waals surface area contributed by atoms with Crippen LogP contribution < -0.4 is 5.32 Å². The van der Waals surface area contributed by atoms with Crippen molar-refractivity contribution in [1.29, 1.82) is 0 Å². The number of ether oxygens (including phenoxy) is 1. The van der Waals surface area contributed by atoms with Crippen molar-refractivity contribution in [3.05, 3.63) is 51.9 Å². The Bertz CT molecular complexity index is 797. The molecule has 1 amide bonds. The average molecular weight is 361 g/mol. The monoisotopic (exact) mass is 361 g/mol. The second-order valence-corrected chi connectivity index (χ2v) is 6.76. The smallest absolute Gasteiger partial charge is 0.341 e. The predicted octanol–water partition coefficient (Wildman–Crippen LogP) is 3.35. The fourth-order valence-corrected chi connectivity index (χ4v) is 3.52. The Hall–Kier alpha value is -2.67. The molecule has 2 N–H and O–H groups in total. The van der Waals surface area contributed by atoms with Crippen LogP contribution in [0.4, 0.5) is 5.00 Å². The van der Waals surface area contributed by atoms with Gasteiger partial charge in [0.2, 0.25) is 5.91 Å². The highest BCUT2D eigenvalue weighted by Crippen LogP contribution is 2.33. The molecule has 132 valence electrons. The van der Waals surface area contributed by atoms with Crippen molar-refractivity contribution in [2.45, 2.75) is 26.2 Å². The minimum absolute atomic E-state index is 0.226. The van der Waals surface area contributed by atoms with Crippen molar-refractivity contribution < 1.29 is 24.2 Å². The van der Waals surface area contributed by atoms with Crippen LogP contribution in [0.3, 0.4) is 0 Å². The quantitative estimate of drug-likeness (QED) is 0.770. The molecule has 0 saturated heterocycles. The van der Waals surface area contributed by atoms with E-state index in [0.717, 1.165) is 10.4 Å². The first-order valence-corrected chi connectivity index (χ1v) is 8.42. The lowest BCUT2D eigenvalue weighted by molar-refractivity contribution is -0.140. The molecule has 25 heavy (non-hydrogen) atoms. The van der Waals surface area contributed by atoms with Crippen LogP contribution in [0.2, 0.25) is 0 Å². The van der Waals surface area contributed by atoms with E-state index in [1.54, 1.807) is 37.3 Å². The Labute approximate surface area is 149 Å². The summed E-state index contributed by atoms with van der Waals surface area (Å²) in [5.74, 6) is -3.03. The number of aliphatic carboxylic acids is 1. The molecule has 0 aliphatic rings. The highest BCUT2D eigenvalue weighted by atomic mass is 32.1. The molecular formula is C18H19NO5S. The highest BCUT2D eigenvalue weighted by molar-refractivity contribution is 7.16. The molecule has 0 fully saturated rings. The van der Waals surface area contributed by atoms with Gasteiger partial charge in [-0.15, -0.1) is 11.3 Å². The lowest BCUT2D eigenvalue weighted by atomic mass is 9.95. The maximum atomic E-state index is 12.4. The van der Waals surface area contributed by atoms with Crippen LogP contribution in [0.15, 0.2) is 30.3 Å². The van der Waals surface area contributed by atoms with Gasteiger partial charge >= 0.3 is 11.9 Å². The van der Waals surface area contributed by atoms with Crippen LogP contribution in [0.25, 0.3) is 0 Å². The van der Waals surface area contributed by atoms with Crippen molar-refractivity contribution in [3.8, 4) is 0 Å². The molecule has 0 spiro atoms. The van der Waals surface area contributed by atoms with E-state index in [1.807, 2.05) is 6.92 Å². The number of amides is 1. The number of carbonyl (C=O) groups is 3. The van der Waals surface area contributed by atoms with Crippen LogP contribution in [0, 0.1) is 13.8 Å². The van der Waals surface area contributed by atoms with Crippen molar-refractivity contribution in [1.82, 2.24) is 0 Å². The fraction of sp³-hybridized carbons (Fsp3) is 0.278. The SMILES string of the molecule is COC(=O)c1c(NC(=O)CC(C(=O)O)c2ccccc2)sc(C)c1C. The second-order valence-electron chi connectivity index (χ2n) is 5.53. The number of hydrogen-bond donors (Lipinski definition) is 2. The van der Waals surface area contributed by atoms with Crippen molar-refractivity contribution >= 4 is 34.2 Å². The maximum absolute atomic E-state index is 12.4. The number of anilines is 1. The zero-order valence-corrected chi connectivity index (χ0v) is 15.0. The summed E-state index contributed by atoms with van der Waals surface area (Å²) in [6.45, 7) is 3.61. The van der Waals surface area contributed by atoms with Crippen molar-refractivity contribution in [2.75, 3.05) is 12.4 Å². The Morgan fingerprint density at radius 3 is 2.40 bits per heavy atom. The number of esters is 1. The number of carbonyl (C=O) groups excluding carboxylic acids is 2. The third-order valence-electron chi connectivity index (χ3n) is 3.92. The van der Waals surface area contributed by atoms with Crippen LogP contribution in [-0.4, -0.2) is 30.1 Å². The van der Waals surface area contributed by atoms with Crippen LogP contribution in [-0.2, 0) is 14.3 Å². The third kappa shape index (κ3) is 4.24. The predicted molar refractivity (Wildman–Crippen MR) is 95.2 cm³/mol. The summed E-state index contributed by atoms with van der Waals surface area (Å²) < 4.78 is 4.76. The summed E-state index contributed by atoms with van der Waals surface area (Å²) in [5.41, 5.74) is 1.60. The fourth-order valence-electron chi connectivity index (χ4n) is 2.46. The summed E-state index contributed by atoms with van der Waals surface area (Å²) in [5, 5.41) is 12.5. The Morgan fingerprint density at radius 1 is 1.20 bits per heavy atom. The summed E-state index contributed by atoms with van der Waals surface area (Å²) in [6, 6.07) is 8.58. The number of thiophene rings is 1. The Kier molecular flexibility index (Phi) is 5.93. The van der Waals surface area contributed by atoms with Gasteiger partial charge in [0.1, 0.15) is 5.00 Å². The first-order valence-electron chi connectivity index (χ1n) is 7.61. The van der Waals surface area contributed by atoms with Crippen molar-refractivity contribution in [3.63, 3.8) is 0 Å². The first kappa shape index (κ1) is 18.7. The molecule has 1 atom stereocenters.